The van der Waals surface area contributed by atoms with E-state index >= 15 is 13.2 Å². The predicted molar refractivity (Wildman–Crippen MR) is 358 cm³/mol. The van der Waals surface area contributed by atoms with Crippen molar-refractivity contribution in [1.29, 1.82) is 0 Å². The van der Waals surface area contributed by atoms with E-state index in [-0.39, 0.29) is 63.9 Å². The van der Waals surface area contributed by atoms with Gasteiger partial charge in [-0.2, -0.15) is 0 Å². The molecule has 0 unspecified atom stereocenters. The Labute approximate surface area is 546 Å². The third-order valence-corrected chi connectivity index (χ3v) is 18.9. The number of ketones is 1. The monoisotopic (exact) mass is 1310 g/mol. The molecule has 8 aromatic rings. The molecule has 5 aromatic carbocycles. The fraction of sp³-hybridized carbons (Fsp3) is 0.380. The van der Waals surface area contributed by atoms with Gasteiger partial charge in [-0.05, 0) is 116 Å². The van der Waals surface area contributed by atoms with Gasteiger partial charge < -0.3 is 34.3 Å². The van der Waals surface area contributed by atoms with Crippen LogP contribution in [0.15, 0.2) is 116 Å². The summed E-state index contributed by atoms with van der Waals surface area (Å²) in [6.45, 7) is 7.15. The van der Waals surface area contributed by atoms with E-state index in [1.165, 1.54) is 35.4 Å². The summed E-state index contributed by atoms with van der Waals surface area (Å²) < 4.78 is 82.1. The third kappa shape index (κ3) is 16.1. The van der Waals surface area contributed by atoms with Crippen molar-refractivity contribution in [3.8, 4) is 28.0 Å². The molecule has 0 radical (unpaired) electrons. The summed E-state index contributed by atoms with van der Waals surface area (Å²) in [6.07, 6.45) is 18.3. The number of H-pyrrole nitrogens is 1. The zero-order valence-electron chi connectivity index (χ0n) is 53.5. The van der Waals surface area contributed by atoms with Crippen molar-refractivity contribution in [3.05, 3.63) is 183 Å². The molecule has 10 rings (SSSR count). The maximum absolute atomic E-state index is 16.8. The molecule has 2 aliphatic heterocycles. The third-order valence-electron chi connectivity index (χ3n) is 17.7. The number of nitrogens with zero attached hydrogens (tertiary/aromatic N) is 8. The van der Waals surface area contributed by atoms with Gasteiger partial charge in [0.2, 0.25) is 11.7 Å². The number of piperazine rings is 1. The van der Waals surface area contributed by atoms with Crippen molar-refractivity contribution in [2.45, 2.75) is 90.1 Å². The topological polar surface area (TPSA) is 188 Å². The zero-order valence-corrected chi connectivity index (χ0v) is 55.1. The first kappa shape index (κ1) is 67.4. The molecule has 17 nitrogen and oxygen atoms in total. The number of rotatable bonds is 27. The highest BCUT2D eigenvalue weighted by Crippen LogP contribution is 2.43. The minimum atomic E-state index is -3.64. The maximum Gasteiger partial charge on any atom is 0.269 e. The number of ether oxygens (including phenoxy) is 1. The number of methoxy groups -OCH3 is 1. The second-order valence-corrected chi connectivity index (χ2v) is 27.2. The zero-order chi connectivity index (χ0) is 66.1. The summed E-state index contributed by atoms with van der Waals surface area (Å²) in [7, 11) is 2.86. The number of aromatic amines is 1. The first-order valence-corrected chi connectivity index (χ1v) is 34.2. The lowest BCUT2D eigenvalue weighted by Crippen LogP contribution is -2.46. The SMILES string of the molecule is COc1cc(N2CCN(CCCCCCCCCCc3ccc(C(=O)c4c(-c5c(F)ccc(F)c5C)c(C(=O)N[C@@H](CS(C)(=O)=O)c5cccc(Cl)c5)cn4C)cc3)CC2)ccc1-c1cc(C2=CCCN(C(=O)CCn3ccnn3)C2)c(F)c2[nH]c(C(=O)N(C)C)cc12. The number of carbonyl (C=O) groups is 4. The van der Waals surface area contributed by atoms with Gasteiger partial charge in [0.1, 0.15) is 32.9 Å². The van der Waals surface area contributed by atoms with Crippen molar-refractivity contribution in [2.75, 3.05) is 83.9 Å². The summed E-state index contributed by atoms with van der Waals surface area (Å²) in [6, 6.07) is 24.2. The van der Waals surface area contributed by atoms with Crippen molar-refractivity contribution < 1.29 is 45.5 Å². The number of nitrogens with one attached hydrogen (secondary N) is 2. The summed E-state index contributed by atoms with van der Waals surface area (Å²) >= 11 is 6.24. The van der Waals surface area contributed by atoms with E-state index in [9.17, 15) is 27.6 Å². The van der Waals surface area contributed by atoms with Crippen molar-refractivity contribution >= 4 is 67.1 Å². The van der Waals surface area contributed by atoms with Crippen LogP contribution in [0.3, 0.4) is 0 Å². The Morgan fingerprint density at radius 2 is 1.53 bits per heavy atom. The van der Waals surface area contributed by atoms with Crippen molar-refractivity contribution in [2.24, 2.45) is 7.05 Å². The number of benzene rings is 5. The number of aryl methyl sites for hydroxylation is 3. The van der Waals surface area contributed by atoms with Gasteiger partial charge in [-0.15, -0.1) is 5.10 Å². The Bertz CT molecular complexity index is 4180. The number of aromatic nitrogens is 5. The maximum atomic E-state index is 16.8. The Kier molecular flexibility index (Phi) is 21.8. The van der Waals surface area contributed by atoms with Crippen molar-refractivity contribution in [3.63, 3.8) is 0 Å². The van der Waals surface area contributed by atoms with Crippen LogP contribution in [0.1, 0.15) is 129 Å². The van der Waals surface area contributed by atoms with E-state index in [1.807, 2.05) is 36.4 Å². The smallest absolute Gasteiger partial charge is 0.269 e. The van der Waals surface area contributed by atoms with Gasteiger partial charge >= 0.3 is 0 Å². The summed E-state index contributed by atoms with van der Waals surface area (Å²) in [5, 5.41) is 11.4. The molecule has 93 heavy (non-hydrogen) atoms. The van der Waals surface area contributed by atoms with E-state index in [2.05, 4.69) is 36.5 Å². The fourth-order valence-corrected chi connectivity index (χ4v) is 13.8. The van der Waals surface area contributed by atoms with Gasteiger partial charge in [0.05, 0.1) is 48.4 Å². The largest absolute Gasteiger partial charge is 0.496 e. The molecule has 3 aromatic heterocycles. The summed E-state index contributed by atoms with van der Waals surface area (Å²) in [4.78, 5) is 66.5. The minimum Gasteiger partial charge on any atom is -0.496 e. The molecular weight excluding hydrogens is 1230 g/mol. The van der Waals surface area contributed by atoms with E-state index < -0.39 is 50.8 Å². The number of amides is 3. The van der Waals surface area contributed by atoms with Crippen LogP contribution in [0.5, 0.6) is 5.75 Å². The molecule has 2 aliphatic rings. The van der Waals surface area contributed by atoms with Gasteiger partial charge in [0.25, 0.3) is 11.8 Å². The lowest BCUT2D eigenvalue weighted by molar-refractivity contribution is -0.131. The number of carbonyl (C=O) groups excluding carboxylic acids is 4. The molecule has 490 valence electrons. The number of hydrogen-bond acceptors (Lipinski definition) is 11. The molecule has 5 heterocycles. The number of halogens is 4. The molecule has 2 N–H and O–H groups in total. The Balaban J connectivity index is 0.685. The van der Waals surface area contributed by atoms with Crippen LogP contribution < -0.4 is 15.0 Å². The van der Waals surface area contributed by atoms with Crippen LogP contribution in [0.4, 0.5) is 18.9 Å². The summed E-state index contributed by atoms with van der Waals surface area (Å²) in [5.41, 5.74) is 5.19. The van der Waals surface area contributed by atoms with E-state index in [1.54, 1.807) is 92.7 Å². The highest BCUT2D eigenvalue weighted by atomic mass is 35.5. The van der Waals surface area contributed by atoms with Gasteiger partial charge in [0, 0.05) is 135 Å². The predicted octanol–water partition coefficient (Wildman–Crippen LogP) is 12.5. The first-order chi connectivity index (χ1) is 44.7. The van der Waals surface area contributed by atoms with Crippen LogP contribution in [-0.2, 0) is 34.6 Å². The number of anilines is 1. The number of fused-ring (bicyclic) bond motifs is 1. The average molecular weight is 1310 g/mol. The molecule has 3 amide bonds. The average Bonchev–Trinajstić information content (AvgIpc) is 1.69. The summed E-state index contributed by atoms with van der Waals surface area (Å²) in [5.74, 6) is -3.52. The van der Waals surface area contributed by atoms with Crippen LogP contribution in [0, 0.1) is 24.4 Å². The van der Waals surface area contributed by atoms with Crippen LogP contribution in [0.25, 0.3) is 38.7 Å². The lowest BCUT2D eigenvalue weighted by Gasteiger charge is -2.36. The van der Waals surface area contributed by atoms with Crippen LogP contribution >= 0.6 is 11.6 Å². The molecule has 1 atom stereocenters. The van der Waals surface area contributed by atoms with Crippen LogP contribution in [0.2, 0.25) is 5.02 Å². The van der Waals surface area contributed by atoms with E-state index in [4.69, 9.17) is 16.3 Å². The van der Waals surface area contributed by atoms with E-state index in [0.717, 1.165) is 113 Å². The molecular formula is C71H80ClF3N10O7S. The standard InChI is InChI=1S/C71H80ClF3N10O7S/c1-46-58(73)27-28-59(74)64(46)65-57(70(88)78-61(45-93(6,90)91)49-18-15-20-51(72)39-49)44-81(4)68(65)69(87)48-23-21-47(22-24-48)17-13-11-9-7-8-10-12-14-31-82-35-37-83(38-36-82)52-25-26-53(62(40-52)92-5)55-41-54(66(75)67-56(55)42-60(77-67)71(89)80(2)3)50-19-16-32-84(43-50)63(86)29-33-85-34-30-76-79-85/h15,18-28,30,34,39-42,44,61,77H,7-14,16-17,29,31-33,35-38,43,45H2,1-6H3,(H,78,88)/t61-/m0/s1. The van der Waals surface area contributed by atoms with Gasteiger partial charge in [-0.3, -0.25) is 28.8 Å². The highest BCUT2D eigenvalue weighted by molar-refractivity contribution is 7.90. The van der Waals surface area contributed by atoms with E-state index in [0.29, 0.717) is 63.5 Å². The Hall–Kier alpha value is -8.53. The second-order valence-electron chi connectivity index (χ2n) is 24.6. The number of unbranched alkanes of at least 4 members (excludes halogenated alkanes) is 7. The lowest BCUT2D eigenvalue weighted by atomic mass is 9.92. The van der Waals surface area contributed by atoms with Gasteiger partial charge in [-0.1, -0.05) is 97.8 Å². The van der Waals surface area contributed by atoms with Gasteiger partial charge in [-0.25, -0.2) is 21.6 Å². The first-order valence-electron chi connectivity index (χ1n) is 31.7. The van der Waals surface area contributed by atoms with Crippen molar-refractivity contribution in [1.82, 2.24) is 44.6 Å². The molecule has 1 fully saturated rings. The minimum absolute atomic E-state index is 0.0321. The quantitative estimate of drug-likeness (QED) is 0.0368. The molecule has 1 saturated heterocycles. The molecule has 0 saturated carbocycles. The van der Waals surface area contributed by atoms with Gasteiger partial charge in [0.15, 0.2) is 5.82 Å². The molecule has 22 heteroatoms. The molecule has 0 spiro atoms. The normalized spacial score (nSPS) is 14.2. The Morgan fingerprint density at radius 1 is 0.806 bits per heavy atom. The fourth-order valence-electron chi connectivity index (χ4n) is 12.7. The van der Waals surface area contributed by atoms with Crippen LogP contribution in [-0.4, -0.2) is 150 Å². The number of sulfone groups is 1. The highest BCUT2D eigenvalue weighted by Gasteiger charge is 2.33. The Morgan fingerprint density at radius 3 is 2.22 bits per heavy atom. The molecule has 0 aliphatic carbocycles. The molecule has 0 bridgehead atoms. The second kappa shape index (κ2) is 30.0. The number of hydrogen-bond donors (Lipinski definition) is 2.